The second kappa shape index (κ2) is 6.67. The molecule has 1 unspecified atom stereocenters. The highest BCUT2D eigenvalue weighted by Gasteiger charge is 2.28. The van der Waals surface area contributed by atoms with Crippen LogP contribution in [0.2, 0.25) is 0 Å². The van der Waals surface area contributed by atoms with Gasteiger partial charge < -0.3 is 15.4 Å². The zero-order chi connectivity index (χ0) is 13.8. The van der Waals surface area contributed by atoms with Gasteiger partial charge in [0.1, 0.15) is 0 Å². The molecule has 0 saturated carbocycles. The number of hydrogen-bond donors (Lipinski definition) is 2. The summed E-state index contributed by atoms with van der Waals surface area (Å²) in [6.07, 6.45) is 0. The highest BCUT2D eigenvalue weighted by Crippen LogP contribution is 2.25. The van der Waals surface area contributed by atoms with E-state index >= 15 is 0 Å². The lowest BCUT2D eigenvalue weighted by molar-refractivity contribution is -0.126. The average molecular weight is 295 g/mol. The number of nitrogens with one attached hydrogen (secondary N) is 2. The van der Waals surface area contributed by atoms with E-state index < -0.39 is 0 Å². The molecule has 0 radical (unpaired) electrons. The van der Waals surface area contributed by atoms with Crippen LogP contribution in [0, 0.1) is 5.92 Å². The quantitative estimate of drug-likeness (QED) is 0.828. The van der Waals surface area contributed by atoms with Crippen LogP contribution in [0.5, 0.6) is 0 Å². The van der Waals surface area contributed by atoms with Crippen molar-refractivity contribution in [3.05, 3.63) is 22.4 Å². The van der Waals surface area contributed by atoms with Gasteiger partial charge in [0.15, 0.2) is 0 Å². The third-order valence-electron chi connectivity index (χ3n) is 3.98. The van der Waals surface area contributed by atoms with Crippen molar-refractivity contribution < 1.29 is 9.53 Å². The summed E-state index contributed by atoms with van der Waals surface area (Å²) < 4.78 is 5.42. The van der Waals surface area contributed by atoms with Crippen molar-refractivity contribution in [3.8, 4) is 0 Å². The number of rotatable bonds is 5. The number of carbonyl (C=O) groups is 1. The van der Waals surface area contributed by atoms with Crippen molar-refractivity contribution >= 4 is 17.2 Å². The molecule has 0 bridgehead atoms. The predicted octanol–water partition coefficient (Wildman–Crippen LogP) is 0.457. The Labute approximate surface area is 123 Å². The van der Waals surface area contributed by atoms with Gasteiger partial charge in [-0.1, -0.05) is 6.07 Å². The van der Waals surface area contributed by atoms with Gasteiger partial charge in [-0.25, -0.2) is 0 Å². The Morgan fingerprint density at radius 1 is 1.50 bits per heavy atom. The molecule has 0 aliphatic carbocycles. The molecule has 2 fully saturated rings. The van der Waals surface area contributed by atoms with E-state index in [-0.39, 0.29) is 17.9 Å². The SMILES string of the molecule is O=C(NCC(c1cccs1)N1CCOCC1)C1CNC1. The lowest BCUT2D eigenvalue weighted by Crippen LogP contribution is -2.52. The standard InChI is InChI=1S/C14H21N3O2S/c18-14(11-8-15-9-11)16-10-12(13-2-1-7-20-13)17-3-5-19-6-4-17/h1-2,7,11-12,15H,3-6,8-10H2,(H,16,18). The molecule has 3 rings (SSSR count). The van der Waals surface area contributed by atoms with Gasteiger partial charge in [-0.05, 0) is 11.4 Å². The summed E-state index contributed by atoms with van der Waals surface area (Å²) in [5.74, 6) is 0.335. The van der Waals surface area contributed by atoms with Crippen LogP contribution in [0.3, 0.4) is 0 Å². The van der Waals surface area contributed by atoms with E-state index in [4.69, 9.17) is 4.74 Å². The van der Waals surface area contributed by atoms with E-state index in [1.165, 1.54) is 4.88 Å². The number of carbonyl (C=O) groups excluding carboxylic acids is 1. The minimum Gasteiger partial charge on any atom is -0.379 e. The predicted molar refractivity (Wildman–Crippen MR) is 78.8 cm³/mol. The molecule has 1 aromatic heterocycles. The summed E-state index contributed by atoms with van der Waals surface area (Å²) in [7, 11) is 0. The smallest absolute Gasteiger partial charge is 0.225 e. The van der Waals surface area contributed by atoms with Crippen molar-refractivity contribution in [2.45, 2.75) is 6.04 Å². The number of hydrogen-bond acceptors (Lipinski definition) is 5. The van der Waals surface area contributed by atoms with E-state index in [9.17, 15) is 4.79 Å². The Kier molecular flexibility index (Phi) is 4.67. The number of nitrogens with zero attached hydrogens (tertiary/aromatic N) is 1. The molecule has 1 aromatic rings. The van der Waals surface area contributed by atoms with Crippen LogP contribution in [0.4, 0.5) is 0 Å². The Bertz CT molecular complexity index is 428. The molecule has 1 atom stereocenters. The first kappa shape index (κ1) is 14.0. The van der Waals surface area contributed by atoms with Crippen LogP contribution in [-0.4, -0.2) is 56.7 Å². The van der Waals surface area contributed by atoms with Crippen LogP contribution in [0.1, 0.15) is 10.9 Å². The van der Waals surface area contributed by atoms with E-state index in [1.807, 2.05) is 0 Å². The molecule has 20 heavy (non-hydrogen) atoms. The van der Waals surface area contributed by atoms with Crippen LogP contribution in [-0.2, 0) is 9.53 Å². The van der Waals surface area contributed by atoms with E-state index in [0.717, 1.165) is 39.4 Å². The minimum absolute atomic E-state index is 0.156. The lowest BCUT2D eigenvalue weighted by atomic mass is 10.0. The monoisotopic (exact) mass is 295 g/mol. The van der Waals surface area contributed by atoms with Crippen LogP contribution in [0.15, 0.2) is 17.5 Å². The van der Waals surface area contributed by atoms with Gasteiger partial charge in [0, 0.05) is 37.6 Å². The number of amides is 1. The average Bonchev–Trinajstić information content (AvgIpc) is 2.92. The van der Waals surface area contributed by atoms with Crippen molar-refractivity contribution in [1.29, 1.82) is 0 Å². The fourth-order valence-corrected chi connectivity index (χ4v) is 3.46. The summed E-state index contributed by atoms with van der Waals surface area (Å²) in [5.41, 5.74) is 0. The topological polar surface area (TPSA) is 53.6 Å². The van der Waals surface area contributed by atoms with Crippen LogP contribution in [0.25, 0.3) is 0 Å². The van der Waals surface area contributed by atoms with Crippen molar-refractivity contribution in [2.75, 3.05) is 45.9 Å². The van der Waals surface area contributed by atoms with Gasteiger partial charge in [0.05, 0.1) is 25.2 Å². The molecule has 2 aliphatic heterocycles. The molecule has 0 aromatic carbocycles. The highest BCUT2D eigenvalue weighted by molar-refractivity contribution is 7.10. The third-order valence-corrected chi connectivity index (χ3v) is 4.95. The summed E-state index contributed by atoms with van der Waals surface area (Å²) in [6.45, 7) is 5.74. The largest absolute Gasteiger partial charge is 0.379 e. The van der Waals surface area contributed by atoms with E-state index in [1.54, 1.807) is 11.3 Å². The Hall–Kier alpha value is -0.950. The first-order valence-corrected chi connectivity index (χ1v) is 8.06. The maximum atomic E-state index is 12.0. The summed E-state index contributed by atoms with van der Waals surface area (Å²) in [6, 6.07) is 4.50. The molecule has 110 valence electrons. The van der Waals surface area contributed by atoms with Crippen molar-refractivity contribution in [2.24, 2.45) is 5.92 Å². The molecular formula is C14H21N3O2S. The molecule has 2 saturated heterocycles. The number of thiophene rings is 1. The van der Waals surface area contributed by atoms with Gasteiger partial charge >= 0.3 is 0 Å². The Morgan fingerprint density at radius 3 is 2.90 bits per heavy atom. The van der Waals surface area contributed by atoms with Crippen molar-refractivity contribution in [1.82, 2.24) is 15.5 Å². The molecule has 3 heterocycles. The zero-order valence-electron chi connectivity index (χ0n) is 11.5. The van der Waals surface area contributed by atoms with E-state index in [0.29, 0.717) is 6.54 Å². The first-order chi connectivity index (χ1) is 9.84. The Balaban J connectivity index is 1.61. The lowest BCUT2D eigenvalue weighted by Gasteiger charge is -2.35. The van der Waals surface area contributed by atoms with Crippen LogP contribution >= 0.6 is 11.3 Å². The fourth-order valence-electron chi connectivity index (χ4n) is 2.60. The molecule has 6 heteroatoms. The second-order valence-electron chi connectivity index (χ2n) is 5.28. The molecule has 2 aliphatic rings. The molecule has 1 amide bonds. The number of ether oxygens (including phenoxy) is 1. The van der Waals surface area contributed by atoms with Gasteiger partial charge in [0.2, 0.25) is 5.91 Å². The summed E-state index contributed by atoms with van der Waals surface area (Å²) in [5, 5.41) is 8.35. The number of morpholine rings is 1. The fraction of sp³-hybridized carbons (Fsp3) is 0.643. The summed E-state index contributed by atoms with van der Waals surface area (Å²) in [4.78, 5) is 15.7. The highest BCUT2D eigenvalue weighted by atomic mass is 32.1. The normalized spacial score (nSPS) is 22.2. The van der Waals surface area contributed by atoms with E-state index in [2.05, 4.69) is 33.0 Å². The maximum absolute atomic E-state index is 12.0. The zero-order valence-corrected chi connectivity index (χ0v) is 12.3. The first-order valence-electron chi connectivity index (χ1n) is 7.18. The Morgan fingerprint density at radius 2 is 2.30 bits per heavy atom. The van der Waals surface area contributed by atoms with Gasteiger partial charge in [-0.2, -0.15) is 0 Å². The molecule has 5 nitrogen and oxygen atoms in total. The molecule has 0 spiro atoms. The van der Waals surface area contributed by atoms with Gasteiger partial charge in [0.25, 0.3) is 0 Å². The minimum atomic E-state index is 0.156. The molecule has 2 N–H and O–H groups in total. The van der Waals surface area contributed by atoms with Gasteiger partial charge in [-0.3, -0.25) is 9.69 Å². The molecular weight excluding hydrogens is 274 g/mol. The third kappa shape index (κ3) is 3.20. The maximum Gasteiger partial charge on any atom is 0.225 e. The summed E-state index contributed by atoms with van der Waals surface area (Å²) >= 11 is 1.76. The van der Waals surface area contributed by atoms with Crippen molar-refractivity contribution in [3.63, 3.8) is 0 Å². The second-order valence-corrected chi connectivity index (χ2v) is 6.26. The van der Waals surface area contributed by atoms with Crippen LogP contribution < -0.4 is 10.6 Å². The van der Waals surface area contributed by atoms with Gasteiger partial charge in [-0.15, -0.1) is 11.3 Å².